The summed E-state index contributed by atoms with van der Waals surface area (Å²) in [5, 5.41) is 2.87. The van der Waals surface area contributed by atoms with E-state index in [1.807, 2.05) is 37.3 Å². The van der Waals surface area contributed by atoms with Crippen molar-refractivity contribution in [2.24, 2.45) is 0 Å². The van der Waals surface area contributed by atoms with Gasteiger partial charge in [0.05, 0.1) is 7.11 Å². The molecule has 0 fully saturated rings. The summed E-state index contributed by atoms with van der Waals surface area (Å²) in [6.07, 6.45) is 1.26. The van der Waals surface area contributed by atoms with Crippen LogP contribution in [0.2, 0.25) is 0 Å². The van der Waals surface area contributed by atoms with Crippen LogP contribution in [-0.4, -0.2) is 25.5 Å². The molecule has 2 aromatic rings. The van der Waals surface area contributed by atoms with Crippen LogP contribution in [0.4, 0.5) is 11.4 Å². The lowest BCUT2D eigenvalue weighted by molar-refractivity contribution is -0.118. The van der Waals surface area contributed by atoms with Crippen molar-refractivity contribution in [1.82, 2.24) is 0 Å². The maximum Gasteiger partial charge on any atom is 0.255 e. The zero-order valence-electron chi connectivity index (χ0n) is 13.8. The Labute approximate surface area is 141 Å². The van der Waals surface area contributed by atoms with E-state index in [2.05, 4.69) is 5.32 Å². The first-order chi connectivity index (χ1) is 11.6. The molecule has 1 heterocycles. The molecule has 2 aromatic carbocycles. The minimum absolute atomic E-state index is 0.113. The van der Waals surface area contributed by atoms with Crippen molar-refractivity contribution in [2.45, 2.75) is 19.8 Å². The fourth-order valence-electron chi connectivity index (χ4n) is 2.90. The van der Waals surface area contributed by atoms with Gasteiger partial charge in [-0.1, -0.05) is 13.0 Å². The van der Waals surface area contributed by atoms with Crippen molar-refractivity contribution >= 4 is 23.2 Å². The molecule has 0 bridgehead atoms. The van der Waals surface area contributed by atoms with Gasteiger partial charge in [0, 0.05) is 36.0 Å². The lowest BCUT2D eigenvalue weighted by Gasteiger charge is -2.16. The molecule has 5 heteroatoms. The highest BCUT2D eigenvalue weighted by Crippen LogP contribution is 2.29. The second-order valence-corrected chi connectivity index (χ2v) is 5.68. The highest BCUT2D eigenvalue weighted by atomic mass is 16.5. The summed E-state index contributed by atoms with van der Waals surface area (Å²) in [4.78, 5) is 26.2. The number of methoxy groups -OCH3 is 1. The molecule has 0 saturated carbocycles. The van der Waals surface area contributed by atoms with Crippen LogP contribution in [0, 0.1) is 0 Å². The quantitative estimate of drug-likeness (QED) is 0.939. The Balaban J connectivity index is 1.78. The molecule has 0 saturated heterocycles. The fourth-order valence-corrected chi connectivity index (χ4v) is 2.90. The molecule has 0 radical (unpaired) electrons. The van der Waals surface area contributed by atoms with Crippen molar-refractivity contribution in [3.8, 4) is 5.75 Å². The normalized spacial score (nSPS) is 12.7. The number of fused-ring (bicyclic) bond motifs is 1. The van der Waals surface area contributed by atoms with Gasteiger partial charge < -0.3 is 15.0 Å². The van der Waals surface area contributed by atoms with Crippen LogP contribution in [0.5, 0.6) is 5.75 Å². The van der Waals surface area contributed by atoms with E-state index < -0.39 is 0 Å². The third-order valence-corrected chi connectivity index (χ3v) is 4.17. The predicted octanol–water partition coefficient (Wildman–Crippen LogP) is 3.25. The molecule has 3 rings (SSSR count). The van der Waals surface area contributed by atoms with Crippen LogP contribution in [0.15, 0.2) is 42.5 Å². The van der Waals surface area contributed by atoms with Gasteiger partial charge in [-0.25, -0.2) is 0 Å². The number of benzene rings is 2. The lowest BCUT2D eigenvalue weighted by atomic mass is 10.1. The van der Waals surface area contributed by atoms with E-state index >= 15 is 0 Å². The number of nitrogens with one attached hydrogen (secondary N) is 1. The van der Waals surface area contributed by atoms with E-state index in [9.17, 15) is 9.59 Å². The Morgan fingerprint density at radius 1 is 1.21 bits per heavy atom. The number of hydrogen-bond donors (Lipinski definition) is 1. The van der Waals surface area contributed by atoms with Crippen LogP contribution in [0.1, 0.15) is 29.3 Å². The van der Waals surface area contributed by atoms with Gasteiger partial charge in [-0.2, -0.15) is 0 Å². The van der Waals surface area contributed by atoms with Crippen molar-refractivity contribution in [3.05, 3.63) is 53.6 Å². The molecule has 5 nitrogen and oxygen atoms in total. The van der Waals surface area contributed by atoms with E-state index in [0.29, 0.717) is 30.0 Å². The van der Waals surface area contributed by atoms with E-state index in [1.165, 1.54) is 0 Å². The summed E-state index contributed by atoms with van der Waals surface area (Å²) >= 11 is 0. The highest BCUT2D eigenvalue weighted by Gasteiger charge is 2.24. The maximum atomic E-state index is 12.5. The molecular formula is C19H20N2O3. The molecule has 24 heavy (non-hydrogen) atoms. The number of ether oxygens (including phenoxy) is 1. The van der Waals surface area contributed by atoms with Crippen LogP contribution < -0.4 is 15.0 Å². The SMILES string of the molecule is CCC(=O)N1CCc2cc(C(=O)Nc3cccc(OC)c3)ccc21. The zero-order valence-corrected chi connectivity index (χ0v) is 13.8. The van der Waals surface area contributed by atoms with Gasteiger partial charge in [-0.15, -0.1) is 0 Å². The molecule has 0 atom stereocenters. The standard InChI is InChI=1S/C19H20N2O3/c1-3-18(22)21-10-9-13-11-14(7-8-17(13)21)19(23)20-15-5-4-6-16(12-15)24-2/h4-8,11-12H,3,9-10H2,1-2H3,(H,20,23). The first-order valence-corrected chi connectivity index (χ1v) is 8.01. The number of rotatable bonds is 4. The van der Waals surface area contributed by atoms with Crippen molar-refractivity contribution < 1.29 is 14.3 Å². The summed E-state index contributed by atoms with van der Waals surface area (Å²) in [6.45, 7) is 2.54. The molecule has 124 valence electrons. The fraction of sp³-hybridized carbons (Fsp3) is 0.263. The number of hydrogen-bond acceptors (Lipinski definition) is 3. The second-order valence-electron chi connectivity index (χ2n) is 5.68. The minimum atomic E-state index is -0.175. The monoisotopic (exact) mass is 324 g/mol. The summed E-state index contributed by atoms with van der Waals surface area (Å²) in [6, 6.07) is 12.7. The minimum Gasteiger partial charge on any atom is -0.497 e. The van der Waals surface area contributed by atoms with Gasteiger partial charge in [0.25, 0.3) is 5.91 Å². The first kappa shape index (κ1) is 16.1. The molecule has 1 aliphatic rings. The molecule has 1 N–H and O–H groups in total. The van der Waals surface area contributed by atoms with Crippen molar-refractivity contribution in [1.29, 1.82) is 0 Å². The Morgan fingerprint density at radius 2 is 2.04 bits per heavy atom. The van der Waals surface area contributed by atoms with Crippen LogP contribution in [-0.2, 0) is 11.2 Å². The smallest absolute Gasteiger partial charge is 0.255 e. The molecule has 2 amide bonds. The number of nitrogens with zero attached hydrogens (tertiary/aromatic N) is 1. The summed E-state index contributed by atoms with van der Waals surface area (Å²) < 4.78 is 5.16. The zero-order chi connectivity index (χ0) is 17.1. The molecule has 1 aliphatic heterocycles. The van der Waals surface area contributed by atoms with Gasteiger partial charge in [0.2, 0.25) is 5.91 Å². The van der Waals surface area contributed by atoms with Gasteiger partial charge in [0.15, 0.2) is 0 Å². The topological polar surface area (TPSA) is 58.6 Å². The lowest BCUT2D eigenvalue weighted by Crippen LogP contribution is -2.27. The van der Waals surface area contributed by atoms with E-state index in [-0.39, 0.29) is 11.8 Å². The second kappa shape index (κ2) is 6.74. The van der Waals surface area contributed by atoms with Gasteiger partial charge >= 0.3 is 0 Å². The maximum absolute atomic E-state index is 12.5. The summed E-state index contributed by atoms with van der Waals surface area (Å²) in [5.74, 6) is 0.629. The Morgan fingerprint density at radius 3 is 2.79 bits per heavy atom. The van der Waals surface area contributed by atoms with E-state index in [4.69, 9.17) is 4.74 Å². The molecular weight excluding hydrogens is 304 g/mol. The average molecular weight is 324 g/mol. The van der Waals surface area contributed by atoms with Gasteiger partial charge in [-0.3, -0.25) is 9.59 Å². The van der Waals surface area contributed by atoms with Crippen molar-refractivity contribution in [3.63, 3.8) is 0 Å². The molecule has 0 unspecified atom stereocenters. The third kappa shape index (κ3) is 3.11. The Kier molecular flexibility index (Phi) is 4.51. The Bertz CT molecular complexity index is 786. The first-order valence-electron chi connectivity index (χ1n) is 8.01. The van der Waals surface area contributed by atoms with Gasteiger partial charge in [-0.05, 0) is 42.3 Å². The number of amides is 2. The number of carbonyl (C=O) groups is 2. The summed E-state index contributed by atoms with van der Waals surface area (Å²) in [5.41, 5.74) is 3.22. The van der Waals surface area contributed by atoms with E-state index in [1.54, 1.807) is 24.1 Å². The van der Waals surface area contributed by atoms with Crippen LogP contribution >= 0.6 is 0 Å². The van der Waals surface area contributed by atoms with E-state index in [0.717, 1.165) is 17.7 Å². The molecule has 0 spiro atoms. The number of carbonyl (C=O) groups excluding carboxylic acids is 2. The van der Waals surface area contributed by atoms with Crippen LogP contribution in [0.25, 0.3) is 0 Å². The van der Waals surface area contributed by atoms with Crippen molar-refractivity contribution in [2.75, 3.05) is 23.9 Å². The number of anilines is 2. The molecule has 0 aliphatic carbocycles. The largest absolute Gasteiger partial charge is 0.497 e. The Hall–Kier alpha value is -2.82. The van der Waals surface area contributed by atoms with Crippen LogP contribution in [0.3, 0.4) is 0 Å². The highest BCUT2D eigenvalue weighted by molar-refractivity contribution is 6.05. The average Bonchev–Trinajstić information content (AvgIpc) is 3.04. The molecule has 0 aromatic heterocycles. The summed E-state index contributed by atoms with van der Waals surface area (Å²) in [7, 11) is 1.59. The predicted molar refractivity (Wildman–Crippen MR) is 93.7 cm³/mol. The third-order valence-electron chi connectivity index (χ3n) is 4.17. The van der Waals surface area contributed by atoms with Gasteiger partial charge in [0.1, 0.15) is 5.75 Å².